The van der Waals surface area contributed by atoms with E-state index in [1.165, 1.54) is 12.1 Å². The molecule has 4 nitrogen and oxygen atoms in total. The largest absolute Gasteiger partial charge is 0.480 e. The smallest absolute Gasteiger partial charge is 0.261 e. The van der Waals surface area contributed by atoms with E-state index >= 15 is 0 Å². The second kappa shape index (κ2) is 7.01. The molecule has 0 aliphatic carbocycles. The Bertz CT molecular complexity index is 708. The van der Waals surface area contributed by atoms with Gasteiger partial charge < -0.3 is 15.0 Å². The number of ether oxygens (including phenoxy) is 1. The van der Waals surface area contributed by atoms with E-state index in [0.717, 1.165) is 16.9 Å². The molecule has 2 atom stereocenters. The number of carbonyl (C=O) groups is 1. The summed E-state index contributed by atoms with van der Waals surface area (Å²) in [5.74, 6) is 0.349. The maximum Gasteiger partial charge on any atom is 0.261 e. The van der Waals surface area contributed by atoms with Crippen molar-refractivity contribution in [1.82, 2.24) is 10.2 Å². The summed E-state index contributed by atoms with van der Waals surface area (Å²) in [4.78, 5) is 14.4. The zero-order valence-corrected chi connectivity index (χ0v) is 13.8. The second-order valence-electron chi connectivity index (χ2n) is 6.20. The van der Waals surface area contributed by atoms with Gasteiger partial charge in [0.2, 0.25) is 0 Å². The van der Waals surface area contributed by atoms with Gasteiger partial charge in [0.15, 0.2) is 6.10 Å². The Kier molecular flexibility index (Phi) is 4.81. The normalized spacial score (nSPS) is 17.2. The monoisotopic (exact) mass is 328 g/mol. The number of benzene rings is 2. The van der Waals surface area contributed by atoms with Crippen LogP contribution in [-0.2, 0) is 11.2 Å². The number of hydrogen-bond acceptors (Lipinski definition) is 3. The molecule has 1 N–H and O–H groups in total. The number of likely N-dealkylation sites (N-methyl/N-ethyl adjacent to an activating group) is 1. The van der Waals surface area contributed by atoms with E-state index in [9.17, 15) is 9.18 Å². The first-order valence-corrected chi connectivity index (χ1v) is 7.99. The number of rotatable bonds is 5. The molecule has 1 aliphatic rings. The fourth-order valence-electron chi connectivity index (χ4n) is 2.95. The van der Waals surface area contributed by atoms with Crippen molar-refractivity contribution in [2.45, 2.75) is 18.6 Å². The number of nitrogens with zero attached hydrogens (tertiary/aromatic N) is 1. The van der Waals surface area contributed by atoms with Gasteiger partial charge in [-0.15, -0.1) is 0 Å². The molecule has 2 aromatic rings. The van der Waals surface area contributed by atoms with Crippen LogP contribution in [0.15, 0.2) is 48.5 Å². The maximum atomic E-state index is 13.5. The summed E-state index contributed by atoms with van der Waals surface area (Å²) in [5, 5.41) is 2.93. The fourth-order valence-corrected chi connectivity index (χ4v) is 2.95. The highest BCUT2D eigenvalue weighted by molar-refractivity contribution is 5.82. The first kappa shape index (κ1) is 16.5. The van der Waals surface area contributed by atoms with Crippen molar-refractivity contribution in [3.8, 4) is 5.75 Å². The highest BCUT2D eigenvalue weighted by Gasteiger charge is 2.29. The van der Waals surface area contributed by atoms with Crippen LogP contribution in [0.1, 0.15) is 17.2 Å². The number of carbonyl (C=O) groups excluding carboxylic acids is 1. The van der Waals surface area contributed by atoms with E-state index in [0.29, 0.717) is 13.0 Å². The first-order valence-electron chi connectivity index (χ1n) is 7.99. The Morgan fingerprint density at radius 2 is 2.08 bits per heavy atom. The number of amides is 1. The van der Waals surface area contributed by atoms with E-state index < -0.39 is 6.10 Å². The van der Waals surface area contributed by atoms with E-state index in [1.54, 1.807) is 6.07 Å². The molecule has 0 spiro atoms. The summed E-state index contributed by atoms with van der Waals surface area (Å²) < 4.78 is 19.2. The maximum absolute atomic E-state index is 13.5. The van der Waals surface area contributed by atoms with Gasteiger partial charge in [-0.1, -0.05) is 30.3 Å². The Labute approximate surface area is 141 Å². The molecule has 1 aliphatic heterocycles. The lowest BCUT2D eigenvalue weighted by molar-refractivity contribution is -0.127. The average Bonchev–Trinajstić information content (AvgIpc) is 2.99. The van der Waals surface area contributed by atoms with Crippen molar-refractivity contribution in [2.24, 2.45) is 0 Å². The summed E-state index contributed by atoms with van der Waals surface area (Å²) in [6.45, 7) is 0.394. The molecule has 0 radical (unpaired) electrons. The highest BCUT2D eigenvalue weighted by atomic mass is 19.1. The van der Waals surface area contributed by atoms with Gasteiger partial charge in [-0.3, -0.25) is 4.79 Å². The summed E-state index contributed by atoms with van der Waals surface area (Å²) in [6, 6.07) is 14.0. The standard InChI is InChI=1S/C19H21FN2O2/c1-22(2)16(13-7-5-8-15(20)10-13)12-21-19(23)18-11-14-6-3-4-9-17(14)24-18/h3-10,16,18H,11-12H2,1-2H3,(H,21,23)/t16-,18-/m0/s1. The molecule has 0 aromatic heterocycles. The van der Waals surface area contributed by atoms with Crippen LogP contribution >= 0.6 is 0 Å². The molecule has 0 saturated heterocycles. The fraction of sp³-hybridized carbons (Fsp3) is 0.316. The molecular weight excluding hydrogens is 307 g/mol. The quantitative estimate of drug-likeness (QED) is 0.917. The third-order valence-corrected chi connectivity index (χ3v) is 4.27. The molecule has 1 heterocycles. The summed E-state index contributed by atoms with van der Waals surface area (Å²) in [5.41, 5.74) is 1.88. The number of hydrogen-bond donors (Lipinski definition) is 1. The molecule has 24 heavy (non-hydrogen) atoms. The minimum absolute atomic E-state index is 0.103. The Balaban J connectivity index is 1.62. The number of nitrogens with one attached hydrogen (secondary N) is 1. The third kappa shape index (κ3) is 3.57. The van der Waals surface area contributed by atoms with E-state index in [2.05, 4.69) is 5.32 Å². The van der Waals surface area contributed by atoms with Crippen LogP contribution < -0.4 is 10.1 Å². The predicted molar refractivity (Wildman–Crippen MR) is 90.4 cm³/mol. The second-order valence-corrected chi connectivity index (χ2v) is 6.20. The SMILES string of the molecule is CN(C)[C@@H](CNC(=O)[C@@H]1Cc2ccccc2O1)c1cccc(F)c1. The van der Waals surface area contributed by atoms with Crippen molar-refractivity contribution in [3.05, 3.63) is 65.5 Å². The van der Waals surface area contributed by atoms with Gasteiger partial charge in [0.1, 0.15) is 11.6 Å². The van der Waals surface area contributed by atoms with Gasteiger partial charge in [-0.05, 0) is 43.4 Å². The van der Waals surface area contributed by atoms with Crippen molar-refractivity contribution in [3.63, 3.8) is 0 Å². The van der Waals surface area contributed by atoms with Crippen LogP contribution in [0.5, 0.6) is 5.75 Å². The van der Waals surface area contributed by atoms with E-state index in [4.69, 9.17) is 4.74 Å². The lowest BCUT2D eigenvalue weighted by atomic mass is 10.1. The number of fused-ring (bicyclic) bond motifs is 1. The van der Waals surface area contributed by atoms with Crippen LogP contribution in [0, 0.1) is 5.82 Å². The zero-order valence-electron chi connectivity index (χ0n) is 13.8. The van der Waals surface area contributed by atoms with Crippen LogP contribution in [0.3, 0.4) is 0 Å². The van der Waals surface area contributed by atoms with Gasteiger partial charge in [0, 0.05) is 13.0 Å². The molecule has 126 valence electrons. The molecule has 3 rings (SSSR count). The summed E-state index contributed by atoms with van der Waals surface area (Å²) >= 11 is 0. The highest BCUT2D eigenvalue weighted by Crippen LogP contribution is 2.28. The lowest BCUT2D eigenvalue weighted by Crippen LogP contribution is -2.41. The van der Waals surface area contributed by atoms with E-state index in [-0.39, 0.29) is 17.8 Å². The van der Waals surface area contributed by atoms with Crippen molar-refractivity contribution < 1.29 is 13.9 Å². The van der Waals surface area contributed by atoms with Gasteiger partial charge in [-0.2, -0.15) is 0 Å². The molecule has 1 amide bonds. The Hall–Kier alpha value is -2.40. The molecular formula is C19H21FN2O2. The van der Waals surface area contributed by atoms with Crippen molar-refractivity contribution in [2.75, 3.05) is 20.6 Å². The molecule has 0 unspecified atom stereocenters. The number of para-hydroxylation sites is 1. The van der Waals surface area contributed by atoms with Gasteiger partial charge >= 0.3 is 0 Å². The topological polar surface area (TPSA) is 41.6 Å². The molecule has 0 bridgehead atoms. The minimum atomic E-state index is -0.502. The molecule has 5 heteroatoms. The Morgan fingerprint density at radius 1 is 1.29 bits per heavy atom. The van der Waals surface area contributed by atoms with Crippen molar-refractivity contribution >= 4 is 5.91 Å². The summed E-state index contributed by atoms with van der Waals surface area (Å²) in [6.07, 6.45) is 0.0759. The Morgan fingerprint density at radius 3 is 2.79 bits per heavy atom. The third-order valence-electron chi connectivity index (χ3n) is 4.27. The first-order chi connectivity index (χ1) is 11.5. The lowest BCUT2D eigenvalue weighted by Gasteiger charge is -2.25. The van der Waals surface area contributed by atoms with Crippen LogP contribution in [-0.4, -0.2) is 37.6 Å². The van der Waals surface area contributed by atoms with Crippen LogP contribution in [0.4, 0.5) is 4.39 Å². The minimum Gasteiger partial charge on any atom is -0.480 e. The zero-order chi connectivity index (χ0) is 17.1. The molecule has 0 saturated carbocycles. The van der Waals surface area contributed by atoms with Crippen LogP contribution in [0.2, 0.25) is 0 Å². The summed E-state index contributed by atoms with van der Waals surface area (Å²) in [7, 11) is 3.81. The predicted octanol–water partition coefficient (Wildman–Crippen LogP) is 2.55. The molecule has 2 aromatic carbocycles. The van der Waals surface area contributed by atoms with E-state index in [1.807, 2.05) is 49.3 Å². The molecule has 0 fully saturated rings. The van der Waals surface area contributed by atoms with Gasteiger partial charge in [-0.25, -0.2) is 4.39 Å². The average molecular weight is 328 g/mol. The van der Waals surface area contributed by atoms with Gasteiger partial charge in [0.25, 0.3) is 5.91 Å². The van der Waals surface area contributed by atoms with Crippen LogP contribution in [0.25, 0.3) is 0 Å². The number of halogens is 1. The van der Waals surface area contributed by atoms with Crippen molar-refractivity contribution in [1.29, 1.82) is 0 Å². The van der Waals surface area contributed by atoms with Gasteiger partial charge in [0.05, 0.1) is 6.04 Å².